The number of nitrogens with two attached hydrogens (primary N) is 1. The van der Waals surface area contributed by atoms with Crippen LogP contribution in [0.15, 0.2) is 24.3 Å². The number of hydrogen-bond donors (Lipinski definition) is 1. The molecule has 0 aliphatic heterocycles. The summed E-state index contributed by atoms with van der Waals surface area (Å²) in [6, 6.07) is 7.51. The highest BCUT2D eigenvalue weighted by Gasteiger charge is 1.97. The van der Waals surface area contributed by atoms with E-state index >= 15 is 0 Å². The van der Waals surface area contributed by atoms with Gasteiger partial charge in [-0.3, -0.25) is 4.21 Å². The molecule has 0 amide bonds. The minimum Gasteiger partial charge on any atom is -0.399 e. The standard InChI is InChI=1S/C9H13NOS/c1-2-12(11)7-8-3-5-9(10)6-4-8/h3-6H,2,7,10H2,1H3. The van der Waals surface area contributed by atoms with Gasteiger partial charge in [0.2, 0.25) is 0 Å². The molecule has 1 unspecified atom stereocenters. The average Bonchev–Trinajstić information content (AvgIpc) is 2.09. The van der Waals surface area contributed by atoms with E-state index in [0.717, 1.165) is 11.3 Å². The molecular formula is C9H13NOS. The van der Waals surface area contributed by atoms with Crippen LogP contribution in [0.4, 0.5) is 5.69 Å². The summed E-state index contributed by atoms with van der Waals surface area (Å²) >= 11 is 0. The van der Waals surface area contributed by atoms with Gasteiger partial charge in [0.15, 0.2) is 0 Å². The van der Waals surface area contributed by atoms with Gasteiger partial charge in [0.05, 0.1) is 0 Å². The first-order valence-electron chi connectivity index (χ1n) is 3.91. The molecule has 0 aliphatic rings. The van der Waals surface area contributed by atoms with E-state index in [1.54, 1.807) is 0 Å². The Balaban J connectivity index is 2.64. The fourth-order valence-corrected chi connectivity index (χ4v) is 1.67. The van der Waals surface area contributed by atoms with Gasteiger partial charge in [-0.05, 0) is 17.7 Å². The smallest absolute Gasteiger partial charge is 0.0485 e. The van der Waals surface area contributed by atoms with Gasteiger partial charge in [0.25, 0.3) is 0 Å². The predicted octanol–water partition coefficient (Wildman–Crippen LogP) is 1.54. The summed E-state index contributed by atoms with van der Waals surface area (Å²) in [5.41, 5.74) is 7.35. The maximum Gasteiger partial charge on any atom is 0.0485 e. The topological polar surface area (TPSA) is 43.1 Å². The summed E-state index contributed by atoms with van der Waals surface area (Å²) in [5, 5.41) is 0. The van der Waals surface area contributed by atoms with E-state index in [2.05, 4.69) is 0 Å². The Morgan fingerprint density at radius 1 is 1.33 bits per heavy atom. The first-order valence-corrected chi connectivity index (χ1v) is 5.40. The van der Waals surface area contributed by atoms with E-state index in [1.807, 2.05) is 31.2 Å². The molecule has 12 heavy (non-hydrogen) atoms. The van der Waals surface area contributed by atoms with Crippen molar-refractivity contribution in [2.24, 2.45) is 0 Å². The second kappa shape index (κ2) is 4.26. The zero-order valence-electron chi connectivity index (χ0n) is 7.12. The van der Waals surface area contributed by atoms with Gasteiger partial charge in [0, 0.05) is 28.0 Å². The van der Waals surface area contributed by atoms with Crippen molar-refractivity contribution in [2.75, 3.05) is 11.5 Å². The van der Waals surface area contributed by atoms with Crippen LogP contribution in [0.2, 0.25) is 0 Å². The Bertz CT molecular complexity index is 268. The SMILES string of the molecule is CCS(=O)Cc1ccc(N)cc1. The molecule has 0 aliphatic carbocycles. The quantitative estimate of drug-likeness (QED) is 0.722. The Kier molecular flexibility index (Phi) is 3.29. The number of anilines is 1. The fourth-order valence-electron chi connectivity index (χ4n) is 0.902. The lowest BCUT2D eigenvalue weighted by Crippen LogP contribution is -1.97. The molecule has 66 valence electrons. The highest BCUT2D eigenvalue weighted by Crippen LogP contribution is 2.07. The third-order valence-electron chi connectivity index (χ3n) is 1.63. The number of nitrogen functional groups attached to an aromatic ring is 1. The third-order valence-corrected chi connectivity index (χ3v) is 2.93. The van der Waals surface area contributed by atoms with Crippen molar-refractivity contribution < 1.29 is 4.21 Å². The molecule has 2 N–H and O–H groups in total. The second-order valence-electron chi connectivity index (χ2n) is 2.61. The van der Waals surface area contributed by atoms with E-state index in [9.17, 15) is 4.21 Å². The highest BCUT2D eigenvalue weighted by atomic mass is 32.2. The van der Waals surface area contributed by atoms with Gasteiger partial charge in [-0.25, -0.2) is 0 Å². The molecule has 1 aromatic carbocycles. The lowest BCUT2D eigenvalue weighted by atomic mass is 10.2. The van der Waals surface area contributed by atoms with Gasteiger partial charge in [0.1, 0.15) is 0 Å². The van der Waals surface area contributed by atoms with Crippen LogP contribution in [0.5, 0.6) is 0 Å². The molecule has 0 radical (unpaired) electrons. The highest BCUT2D eigenvalue weighted by molar-refractivity contribution is 7.84. The summed E-state index contributed by atoms with van der Waals surface area (Å²) in [5.74, 6) is 1.35. The maximum atomic E-state index is 11.1. The Labute approximate surface area is 75.2 Å². The van der Waals surface area contributed by atoms with Crippen LogP contribution in [0.1, 0.15) is 12.5 Å². The lowest BCUT2D eigenvalue weighted by molar-refractivity contribution is 0.683. The summed E-state index contributed by atoms with van der Waals surface area (Å²) in [4.78, 5) is 0. The normalized spacial score (nSPS) is 12.8. The van der Waals surface area contributed by atoms with Gasteiger partial charge in [-0.15, -0.1) is 0 Å². The predicted molar refractivity (Wildman–Crippen MR) is 53.2 cm³/mol. The van der Waals surface area contributed by atoms with Gasteiger partial charge in [-0.1, -0.05) is 19.1 Å². The van der Waals surface area contributed by atoms with Gasteiger partial charge in [-0.2, -0.15) is 0 Å². The summed E-state index contributed by atoms with van der Waals surface area (Å²) < 4.78 is 11.1. The molecule has 0 heterocycles. The van der Waals surface area contributed by atoms with Crippen molar-refractivity contribution in [3.63, 3.8) is 0 Å². The zero-order chi connectivity index (χ0) is 8.97. The zero-order valence-corrected chi connectivity index (χ0v) is 7.93. The Morgan fingerprint density at radius 3 is 2.42 bits per heavy atom. The first-order chi connectivity index (χ1) is 5.72. The molecule has 3 heteroatoms. The van der Waals surface area contributed by atoms with Crippen molar-refractivity contribution >= 4 is 16.5 Å². The monoisotopic (exact) mass is 183 g/mol. The number of benzene rings is 1. The van der Waals surface area contributed by atoms with Crippen molar-refractivity contribution in [3.8, 4) is 0 Å². The fraction of sp³-hybridized carbons (Fsp3) is 0.333. The van der Waals surface area contributed by atoms with E-state index in [-0.39, 0.29) is 0 Å². The van der Waals surface area contributed by atoms with E-state index < -0.39 is 10.8 Å². The van der Waals surface area contributed by atoms with Gasteiger partial charge < -0.3 is 5.73 Å². The number of hydrogen-bond acceptors (Lipinski definition) is 2. The van der Waals surface area contributed by atoms with Crippen LogP contribution in [0.3, 0.4) is 0 Å². The van der Waals surface area contributed by atoms with Crippen LogP contribution in [0.25, 0.3) is 0 Å². The van der Waals surface area contributed by atoms with Crippen LogP contribution in [0, 0.1) is 0 Å². The van der Waals surface area contributed by atoms with Crippen LogP contribution >= 0.6 is 0 Å². The van der Waals surface area contributed by atoms with Crippen molar-refractivity contribution in [1.82, 2.24) is 0 Å². The van der Waals surface area contributed by atoms with Crippen molar-refractivity contribution in [3.05, 3.63) is 29.8 Å². The summed E-state index contributed by atoms with van der Waals surface area (Å²) in [6.45, 7) is 1.92. The second-order valence-corrected chi connectivity index (χ2v) is 4.36. The van der Waals surface area contributed by atoms with Crippen molar-refractivity contribution in [2.45, 2.75) is 12.7 Å². The van der Waals surface area contributed by atoms with Gasteiger partial charge >= 0.3 is 0 Å². The molecule has 1 atom stereocenters. The molecule has 0 bridgehead atoms. The molecule has 0 saturated heterocycles. The van der Waals surface area contributed by atoms with E-state index in [0.29, 0.717) is 11.5 Å². The molecule has 0 saturated carbocycles. The molecule has 2 nitrogen and oxygen atoms in total. The molecule has 0 aromatic heterocycles. The maximum absolute atomic E-state index is 11.1. The first kappa shape index (κ1) is 9.26. The summed E-state index contributed by atoms with van der Waals surface area (Å²) in [6.07, 6.45) is 0. The Morgan fingerprint density at radius 2 is 1.92 bits per heavy atom. The Hall–Kier alpha value is -0.830. The van der Waals surface area contributed by atoms with E-state index in [4.69, 9.17) is 5.73 Å². The van der Waals surface area contributed by atoms with Crippen LogP contribution in [-0.4, -0.2) is 9.96 Å². The van der Waals surface area contributed by atoms with Crippen molar-refractivity contribution in [1.29, 1.82) is 0 Å². The van der Waals surface area contributed by atoms with Crippen LogP contribution in [-0.2, 0) is 16.6 Å². The molecule has 1 rings (SSSR count). The lowest BCUT2D eigenvalue weighted by Gasteiger charge is -1.99. The minimum atomic E-state index is -0.725. The molecule has 1 aromatic rings. The molecular weight excluding hydrogens is 170 g/mol. The molecule has 0 spiro atoms. The average molecular weight is 183 g/mol. The number of rotatable bonds is 3. The summed E-state index contributed by atoms with van der Waals surface area (Å²) in [7, 11) is -0.725. The molecule has 0 fully saturated rings. The minimum absolute atomic E-state index is 0.636. The van der Waals surface area contributed by atoms with E-state index in [1.165, 1.54) is 0 Å². The van der Waals surface area contributed by atoms with Crippen LogP contribution < -0.4 is 5.73 Å². The third kappa shape index (κ3) is 2.66. The largest absolute Gasteiger partial charge is 0.399 e.